The van der Waals surface area contributed by atoms with Gasteiger partial charge in [-0.3, -0.25) is 4.98 Å². The topological polar surface area (TPSA) is 45.9 Å². The van der Waals surface area contributed by atoms with Crippen LogP contribution in [0.25, 0.3) is 11.1 Å². The van der Waals surface area contributed by atoms with E-state index in [9.17, 15) is 0 Å². The van der Waals surface area contributed by atoms with Crippen LogP contribution in [0.4, 0.5) is 0 Å². The summed E-state index contributed by atoms with van der Waals surface area (Å²) in [4.78, 5) is 4.23. The summed E-state index contributed by atoms with van der Waals surface area (Å²) in [5, 5.41) is 9.13. The molecule has 0 spiro atoms. The van der Waals surface area contributed by atoms with Gasteiger partial charge in [0.2, 0.25) is 0 Å². The summed E-state index contributed by atoms with van der Waals surface area (Å²) in [6.45, 7) is 1.93. The number of pyridine rings is 1. The molecule has 0 unspecified atom stereocenters. The van der Waals surface area contributed by atoms with Crippen LogP contribution in [0.2, 0.25) is 0 Å². The first kappa shape index (κ1) is 11.2. The van der Waals surface area contributed by atoms with Crippen molar-refractivity contribution in [3.63, 3.8) is 0 Å². The molecule has 1 aromatic carbocycles. The van der Waals surface area contributed by atoms with Gasteiger partial charge in [0.1, 0.15) is 5.75 Å². The molecule has 0 atom stereocenters. The second-order valence-electron chi connectivity index (χ2n) is 3.71. The van der Waals surface area contributed by atoms with Crippen molar-refractivity contribution in [2.45, 2.75) is 6.92 Å². The second-order valence-corrected chi connectivity index (χ2v) is 3.71. The van der Waals surface area contributed by atoms with E-state index < -0.39 is 0 Å². The maximum atomic E-state index is 9.13. The predicted molar refractivity (Wildman–Crippen MR) is 65.7 cm³/mol. The summed E-state index contributed by atoms with van der Waals surface area (Å²) in [5.41, 5.74) is 3.37. The van der Waals surface area contributed by atoms with Gasteiger partial charge in [0.15, 0.2) is 0 Å². The lowest BCUT2D eigenvalue weighted by Gasteiger charge is -2.06. The first-order valence-corrected chi connectivity index (χ1v) is 5.26. The summed E-state index contributed by atoms with van der Waals surface area (Å²) >= 11 is 0. The van der Waals surface area contributed by atoms with Crippen LogP contribution in [-0.4, -0.2) is 12.1 Å². The average molecular weight is 224 g/mol. The van der Waals surface area contributed by atoms with Gasteiger partial charge in [0.05, 0.1) is 18.7 Å². The van der Waals surface area contributed by atoms with Crippen LogP contribution in [0.3, 0.4) is 0 Å². The van der Waals surface area contributed by atoms with E-state index in [0.717, 1.165) is 16.8 Å². The predicted octanol–water partition coefficient (Wildman–Crippen LogP) is 2.94. The van der Waals surface area contributed by atoms with Crippen LogP contribution >= 0.6 is 0 Å². The summed E-state index contributed by atoms with van der Waals surface area (Å²) in [6, 6.07) is 11.5. The lowest BCUT2D eigenvalue weighted by Crippen LogP contribution is -1.89. The molecule has 17 heavy (non-hydrogen) atoms. The minimum absolute atomic E-state index is 0.593. The average Bonchev–Trinajstić information content (AvgIpc) is 2.39. The molecule has 1 aromatic heterocycles. The Morgan fingerprint density at radius 2 is 2.06 bits per heavy atom. The molecule has 3 nitrogen and oxygen atoms in total. The zero-order valence-electron chi connectivity index (χ0n) is 9.77. The highest BCUT2D eigenvalue weighted by Gasteiger charge is 2.06. The molecule has 0 aliphatic heterocycles. The number of aryl methyl sites for hydroxylation is 1. The smallest absolute Gasteiger partial charge is 0.120 e. The Morgan fingerprint density at radius 3 is 2.65 bits per heavy atom. The first-order chi connectivity index (χ1) is 8.24. The van der Waals surface area contributed by atoms with Gasteiger partial charge < -0.3 is 4.74 Å². The summed E-state index contributed by atoms with van der Waals surface area (Å²) in [5.74, 6) is 0.686. The normalized spacial score (nSPS) is 9.71. The number of rotatable bonds is 2. The van der Waals surface area contributed by atoms with E-state index in [1.165, 1.54) is 0 Å². The van der Waals surface area contributed by atoms with E-state index in [-0.39, 0.29) is 0 Å². The molecule has 0 fully saturated rings. The van der Waals surface area contributed by atoms with Crippen LogP contribution in [0.1, 0.15) is 11.3 Å². The lowest BCUT2D eigenvalue weighted by molar-refractivity contribution is 0.414. The Labute approximate surface area is 100 Å². The molecule has 0 bridgehead atoms. The third-order valence-corrected chi connectivity index (χ3v) is 2.57. The number of benzene rings is 1. The van der Waals surface area contributed by atoms with Crippen molar-refractivity contribution in [3.8, 4) is 22.9 Å². The molecule has 0 N–H and O–H groups in total. The number of hydrogen-bond acceptors (Lipinski definition) is 3. The number of aromatic nitrogens is 1. The van der Waals surface area contributed by atoms with Gasteiger partial charge in [-0.15, -0.1) is 0 Å². The minimum Gasteiger partial charge on any atom is -0.497 e. The van der Waals surface area contributed by atoms with E-state index in [1.807, 2.05) is 31.2 Å². The van der Waals surface area contributed by atoms with E-state index >= 15 is 0 Å². The third-order valence-electron chi connectivity index (χ3n) is 2.57. The van der Waals surface area contributed by atoms with E-state index in [1.54, 1.807) is 19.4 Å². The number of ether oxygens (including phenoxy) is 1. The van der Waals surface area contributed by atoms with Gasteiger partial charge in [-0.05, 0) is 31.2 Å². The van der Waals surface area contributed by atoms with Crippen LogP contribution in [-0.2, 0) is 0 Å². The van der Waals surface area contributed by atoms with E-state index in [2.05, 4.69) is 11.1 Å². The highest BCUT2D eigenvalue weighted by molar-refractivity contribution is 5.70. The van der Waals surface area contributed by atoms with Crippen molar-refractivity contribution in [1.29, 1.82) is 5.26 Å². The van der Waals surface area contributed by atoms with Crippen molar-refractivity contribution in [2.75, 3.05) is 7.11 Å². The SMILES string of the molecule is COc1ccc(-c2ccc(C)nc2)c(C#N)c1. The molecular formula is C14H12N2O. The van der Waals surface area contributed by atoms with E-state index in [0.29, 0.717) is 11.3 Å². The maximum Gasteiger partial charge on any atom is 0.120 e. The maximum absolute atomic E-state index is 9.13. The first-order valence-electron chi connectivity index (χ1n) is 5.26. The lowest BCUT2D eigenvalue weighted by atomic mass is 10.0. The Kier molecular flexibility index (Phi) is 3.06. The third kappa shape index (κ3) is 2.26. The molecule has 0 radical (unpaired) electrons. The summed E-state index contributed by atoms with van der Waals surface area (Å²) in [7, 11) is 1.59. The second kappa shape index (κ2) is 4.67. The zero-order valence-corrected chi connectivity index (χ0v) is 9.77. The monoisotopic (exact) mass is 224 g/mol. The number of nitrogens with zero attached hydrogens (tertiary/aromatic N) is 2. The molecule has 84 valence electrons. The Morgan fingerprint density at radius 1 is 1.24 bits per heavy atom. The molecule has 1 heterocycles. The molecule has 2 aromatic rings. The van der Waals surface area contributed by atoms with Crippen LogP contribution < -0.4 is 4.74 Å². The number of nitriles is 1. The number of methoxy groups -OCH3 is 1. The van der Waals surface area contributed by atoms with Crippen molar-refractivity contribution < 1.29 is 4.74 Å². The zero-order chi connectivity index (χ0) is 12.3. The Bertz CT molecular complexity index is 568. The molecule has 0 aliphatic rings. The Hall–Kier alpha value is -2.34. The fourth-order valence-corrected chi connectivity index (χ4v) is 1.62. The van der Waals surface area contributed by atoms with Gasteiger partial charge in [-0.1, -0.05) is 6.07 Å². The molecule has 0 saturated carbocycles. The van der Waals surface area contributed by atoms with Gasteiger partial charge in [0.25, 0.3) is 0 Å². The van der Waals surface area contributed by atoms with Crippen molar-refractivity contribution in [3.05, 3.63) is 47.8 Å². The van der Waals surface area contributed by atoms with Crippen LogP contribution in [0.15, 0.2) is 36.5 Å². The quantitative estimate of drug-likeness (QED) is 0.787. The molecule has 2 rings (SSSR count). The molecular weight excluding hydrogens is 212 g/mol. The summed E-state index contributed by atoms with van der Waals surface area (Å²) in [6.07, 6.45) is 1.78. The largest absolute Gasteiger partial charge is 0.497 e. The van der Waals surface area contributed by atoms with Gasteiger partial charge in [0, 0.05) is 23.0 Å². The van der Waals surface area contributed by atoms with Crippen LogP contribution in [0.5, 0.6) is 5.75 Å². The van der Waals surface area contributed by atoms with Gasteiger partial charge in [-0.25, -0.2) is 0 Å². The minimum atomic E-state index is 0.593. The van der Waals surface area contributed by atoms with Crippen molar-refractivity contribution in [2.24, 2.45) is 0 Å². The molecule has 0 amide bonds. The fraction of sp³-hybridized carbons (Fsp3) is 0.143. The molecule has 0 saturated heterocycles. The van der Waals surface area contributed by atoms with Crippen molar-refractivity contribution >= 4 is 0 Å². The number of hydrogen-bond donors (Lipinski definition) is 0. The summed E-state index contributed by atoms with van der Waals surface area (Å²) < 4.78 is 5.10. The van der Waals surface area contributed by atoms with Gasteiger partial charge in [-0.2, -0.15) is 5.26 Å². The van der Waals surface area contributed by atoms with Crippen molar-refractivity contribution in [1.82, 2.24) is 4.98 Å². The van der Waals surface area contributed by atoms with Gasteiger partial charge >= 0.3 is 0 Å². The van der Waals surface area contributed by atoms with Crippen LogP contribution in [0, 0.1) is 18.3 Å². The highest BCUT2D eigenvalue weighted by atomic mass is 16.5. The molecule has 3 heteroatoms. The Balaban J connectivity index is 2.52. The van der Waals surface area contributed by atoms with E-state index in [4.69, 9.17) is 10.00 Å². The fourth-order valence-electron chi connectivity index (χ4n) is 1.62. The highest BCUT2D eigenvalue weighted by Crippen LogP contribution is 2.26. The molecule has 0 aliphatic carbocycles. The standard InChI is InChI=1S/C14H12N2O/c1-10-3-4-11(9-16-10)14-6-5-13(17-2)7-12(14)8-15/h3-7,9H,1-2H3.